The molecule has 1 aromatic rings. The first-order valence-electron chi connectivity index (χ1n) is 8.57. The Balaban J connectivity index is 2.20. The molecule has 1 saturated heterocycles. The van der Waals surface area contributed by atoms with Gasteiger partial charge in [0.05, 0.1) is 5.56 Å². The zero-order valence-electron chi connectivity index (χ0n) is 14.8. The molecule has 0 spiro atoms. The van der Waals surface area contributed by atoms with Crippen LogP contribution in [0.15, 0.2) is 18.2 Å². The van der Waals surface area contributed by atoms with Gasteiger partial charge in [0.1, 0.15) is 11.5 Å². The molecule has 1 fully saturated rings. The molecule has 1 heterocycles. The highest BCUT2D eigenvalue weighted by molar-refractivity contribution is 5.97. The molecule has 1 amide bonds. The van der Waals surface area contributed by atoms with Crippen molar-refractivity contribution < 1.29 is 40.6 Å². The molecule has 0 aliphatic carbocycles. The summed E-state index contributed by atoms with van der Waals surface area (Å²) in [5, 5.41) is 5.64. The molecule has 0 aromatic heterocycles. The van der Waals surface area contributed by atoms with Crippen LogP contribution in [0, 0.1) is 0 Å². The molecule has 2 rings (SSSR count). The zero-order valence-corrected chi connectivity index (χ0v) is 14.8. The Morgan fingerprint density at radius 2 is 1.79 bits per heavy atom. The standard InChI is InChI=1S/C17H20F6N2O3/c18-9-16(20,21)27-12-4-5-14(28-17(22,23)10-19)13(7-12)15(26)25-8-11-3-1-2-6-24-11/h4-5,7,11,24H,1-3,6,8-10H2,(H,25,26). The van der Waals surface area contributed by atoms with Gasteiger partial charge in [-0.05, 0) is 37.6 Å². The largest absolute Gasteiger partial charge is 0.431 e. The van der Waals surface area contributed by atoms with E-state index >= 15 is 0 Å². The van der Waals surface area contributed by atoms with E-state index in [9.17, 15) is 31.1 Å². The highest BCUT2D eigenvalue weighted by Crippen LogP contribution is 2.31. The Labute approximate surface area is 157 Å². The quantitative estimate of drug-likeness (QED) is 0.608. The first kappa shape index (κ1) is 22.1. The molecule has 158 valence electrons. The van der Waals surface area contributed by atoms with E-state index in [1.165, 1.54) is 0 Å². The second-order valence-electron chi connectivity index (χ2n) is 6.26. The average Bonchev–Trinajstić information content (AvgIpc) is 2.67. The lowest BCUT2D eigenvalue weighted by molar-refractivity contribution is -0.188. The van der Waals surface area contributed by atoms with Crippen LogP contribution in [0.3, 0.4) is 0 Å². The van der Waals surface area contributed by atoms with E-state index in [2.05, 4.69) is 20.1 Å². The number of alkyl halides is 6. The summed E-state index contributed by atoms with van der Waals surface area (Å²) in [4.78, 5) is 12.4. The number of carbonyl (C=O) groups excluding carboxylic acids is 1. The molecule has 0 radical (unpaired) electrons. The molecule has 0 saturated carbocycles. The number of hydrogen-bond acceptors (Lipinski definition) is 4. The molecule has 2 N–H and O–H groups in total. The van der Waals surface area contributed by atoms with Gasteiger partial charge >= 0.3 is 12.2 Å². The maximum atomic E-state index is 13.2. The number of ether oxygens (including phenoxy) is 2. The van der Waals surface area contributed by atoms with Crippen molar-refractivity contribution in [2.24, 2.45) is 0 Å². The lowest BCUT2D eigenvalue weighted by Gasteiger charge is -2.24. The van der Waals surface area contributed by atoms with Gasteiger partial charge in [0.2, 0.25) is 0 Å². The maximum Gasteiger partial charge on any atom is 0.427 e. The number of carbonyl (C=O) groups is 1. The topological polar surface area (TPSA) is 59.6 Å². The van der Waals surface area contributed by atoms with Gasteiger partial charge in [-0.15, -0.1) is 0 Å². The van der Waals surface area contributed by atoms with E-state index in [1.807, 2.05) is 0 Å². The van der Waals surface area contributed by atoms with Crippen LogP contribution in [0.25, 0.3) is 0 Å². The molecule has 1 atom stereocenters. The van der Waals surface area contributed by atoms with Gasteiger partial charge < -0.3 is 20.1 Å². The van der Waals surface area contributed by atoms with Crippen molar-refractivity contribution in [2.45, 2.75) is 37.5 Å². The van der Waals surface area contributed by atoms with Crippen LogP contribution >= 0.6 is 0 Å². The molecule has 1 aromatic carbocycles. The second kappa shape index (κ2) is 9.35. The van der Waals surface area contributed by atoms with Gasteiger partial charge in [-0.1, -0.05) is 6.42 Å². The predicted molar refractivity (Wildman–Crippen MR) is 87.5 cm³/mol. The van der Waals surface area contributed by atoms with Crippen LogP contribution in [0.2, 0.25) is 0 Å². The van der Waals surface area contributed by atoms with E-state index in [1.54, 1.807) is 0 Å². The molecular weight excluding hydrogens is 394 g/mol. The summed E-state index contributed by atoms with van der Waals surface area (Å²) >= 11 is 0. The molecule has 1 aliphatic rings. The van der Waals surface area contributed by atoms with E-state index in [0.717, 1.165) is 37.9 Å². The van der Waals surface area contributed by atoms with Crippen molar-refractivity contribution in [3.05, 3.63) is 23.8 Å². The smallest absolute Gasteiger partial charge is 0.427 e. The SMILES string of the molecule is O=C(NCC1CCCCN1)c1cc(OC(F)(F)CF)ccc1OC(F)(F)CF. The fourth-order valence-corrected chi connectivity index (χ4v) is 2.64. The van der Waals surface area contributed by atoms with Crippen molar-refractivity contribution in [2.75, 3.05) is 26.4 Å². The fourth-order valence-electron chi connectivity index (χ4n) is 2.64. The van der Waals surface area contributed by atoms with Gasteiger partial charge in [0, 0.05) is 12.6 Å². The van der Waals surface area contributed by atoms with Crippen molar-refractivity contribution in [1.29, 1.82) is 0 Å². The number of benzene rings is 1. The highest BCUT2D eigenvalue weighted by atomic mass is 19.3. The van der Waals surface area contributed by atoms with E-state index < -0.39 is 48.5 Å². The fraction of sp³-hybridized carbons (Fsp3) is 0.588. The Morgan fingerprint density at radius 3 is 2.39 bits per heavy atom. The summed E-state index contributed by atoms with van der Waals surface area (Å²) in [5.74, 6) is -2.28. The summed E-state index contributed by atoms with van der Waals surface area (Å²) < 4.78 is 85.6. The lowest BCUT2D eigenvalue weighted by atomic mass is 10.0. The molecule has 5 nitrogen and oxygen atoms in total. The third-order valence-corrected chi connectivity index (χ3v) is 3.95. The maximum absolute atomic E-state index is 13.2. The average molecular weight is 414 g/mol. The minimum Gasteiger partial charge on any atom is -0.431 e. The summed E-state index contributed by atoms with van der Waals surface area (Å²) in [7, 11) is 0. The first-order chi connectivity index (χ1) is 13.2. The van der Waals surface area contributed by atoms with Crippen LogP contribution < -0.4 is 20.1 Å². The zero-order chi connectivity index (χ0) is 20.8. The molecular formula is C17H20F6N2O3. The summed E-state index contributed by atoms with van der Waals surface area (Å²) in [5.41, 5.74) is -0.573. The van der Waals surface area contributed by atoms with Gasteiger partial charge in [0.25, 0.3) is 5.91 Å². The first-order valence-corrected chi connectivity index (χ1v) is 8.57. The Morgan fingerprint density at radius 1 is 1.11 bits per heavy atom. The van der Waals surface area contributed by atoms with Crippen molar-refractivity contribution >= 4 is 5.91 Å². The van der Waals surface area contributed by atoms with Crippen LogP contribution in [-0.4, -0.2) is 50.6 Å². The van der Waals surface area contributed by atoms with E-state index in [-0.39, 0.29) is 12.6 Å². The van der Waals surface area contributed by atoms with Crippen LogP contribution in [0.1, 0.15) is 29.6 Å². The van der Waals surface area contributed by atoms with Crippen molar-refractivity contribution in [1.82, 2.24) is 10.6 Å². The second-order valence-corrected chi connectivity index (χ2v) is 6.26. The molecule has 0 bridgehead atoms. The predicted octanol–water partition coefficient (Wildman–Crippen LogP) is 3.44. The number of nitrogens with one attached hydrogen (secondary N) is 2. The number of amides is 1. The molecule has 28 heavy (non-hydrogen) atoms. The third kappa shape index (κ3) is 6.47. The van der Waals surface area contributed by atoms with Crippen molar-refractivity contribution in [3.8, 4) is 11.5 Å². The molecule has 11 heteroatoms. The lowest BCUT2D eigenvalue weighted by Crippen LogP contribution is -2.43. The van der Waals surface area contributed by atoms with Gasteiger partial charge in [-0.2, -0.15) is 17.6 Å². The van der Waals surface area contributed by atoms with Crippen LogP contribution in [0.5, 0.6) is 11.5 Å². The van der Waals surface area contributed by atoms with Gasteiger partial charge in [0.15, 0.2) is 13.3 Å². The number of rotatable bonds is 9. The van der Waals surface area contributed by atoms with Crippen LogP contribution in [0.4, 0.5) is 26.3 Å². The van der Waals surface area contributed by atoms with Crippen molar-refractivity contribution in [3.63, 3.8) is 0 Å². The third-order valence-electron chi connectivity index (χ3n) is 3.95. The number of piperidine rings is 1. The van der Waals surface area contributed by atoms with Crippen LogP contribution in [-0.2, 0) is 0 Å². The minimum absolute atomic E-state index is 0.0374. The summed E-state index contributed by atoms with van der Waals surface area (Å²) in [6.45, 7) is -3.36. The normalized spacial score (nSPS) is 17.9. The summed E-state index contributed by atoms with van der Waals surface area (Å²) in [6.07, 6.45) is -5.65. The van der Waals surface area contributed by atoms with Gasteiger partial charge in [-0.3, -0.25) is 4.79 Å². The summed E-state index contributed by atoms with van der Waals surface area (Å²) in [6, 6.07) is 2.20. The highest BCUT2D eigenvalue weighted by Gasteiger charge is 2.35. The minimum atomic E-state index is -4.22. The number of halogens is 6. The molecule has 1 aliphatic heterocycles. The van der Waals surface area contributed by atoms with E-state index in [4.69, 9.17) is 0 Å². The van der Waals surface area contributed by atoms with E-state index in [0.29, 0.717) is 6.07 Å². The Hall–Kier alpha value is -2.17. The van der Waals surface area contributed by atoms with Gasteiger partial charge in [-0.25, -0.2) is 8.78 Å². The Bertz CT molecular complexity index is 668. The monoisotopic (exact) mass is 414 g/mol. The molecule has 1 unspecified atom stereocenters. The number of hydrogen-bond donors (Lipinski definition) is 2. The Kier molecular flexibility index (Phi) is 7.39.